The average molecular weight is 420 g/mol. The third kappa shape index (κ3) is 7.16. The first-order chi connectivity index (χ1) is 14.3. The van der Waals surface area contributed by atoms with Crippen molar-refractivity contribution < 1.29 is 32.6 Å². The standard InChI is InChI=1S/C21H22F2N2O5/c1-13(2)15-5-3-4-6-18(15)29-12-21(28)30-11-20(27)24-10-19(26)25-14-7-8-16(22)17(23)9-14/h3-9,13H,10-12H2,1-2H3,(H,24,27)(H,25,26). The van der Waals surface area contributed by atoms with Crippen molar-refractivity contribution in [3.05, 3.63) is 59.7 Å². The van der Waals surface area contributed by atoms with Crippen LogP contribution in [0.3, 0.4) is 0 Å². The van der Waals surface area contributed by atoms with Gasteiger partial charge in [-0.1, -0.05) is 32.0 Å². The van der Waals surface area contributed by atoms with Gasteiger partial charge in [-0.15, -0.1) is 0 Å². The Morgan fingerprint density at radius 1 is 0.967 bits per heavy atom. The lowest BCUT2D eigenvalue weighted by Gasteiger charge is -2.13. The van der Waals surface area contributed by atoms with E-state index in [4.69, 9.17) is 9.47 Å². The molecule has 0 bridgehead atoms. The number of halogens is 2. The van der Waals surface area contributed by atoms with E-state index < -0.39 is 42.6 Å². The van der Waals surface area contributed by atoms with E-state index in [9.17, 15) is 23.2 Å². The highest BCUT2D eigenvalue weighted by atomic mass is 19.2. The van der Waals surface area contributed by atoms with Crippen LogP contribution in [-0.4, -0.2) is 37.5 Å². The Morgan fingerprint density at radius 3 is 2.40 bits per heavy atom. The van der Waals surface area contributed by atoms with E-state index in [1.54, 1.807) is 12.1 Å². The summed E-state index contributed by atoms with van der Waals surface area (Å²) in [6.07, 6.45) is 0. The van der Waals surface area contributed by atoms with Crippen molar-refractivity contribution in [3.8, 4) is 5.75 Å². The fourth-order valence-corrected chi connectivity index (χ4v) is 2.42. The number of benzene rings is 2. The number of para-hydroxylation sites is 1. The van der Waals surface area contributed by atoms with Crippen molar-refractivity contribution >= 4 is 23.5 Å². The lowest BCUT2D eigenvalue weighted by molar-refractivity contribution is -0.150. The van der Waals surface area contributed by atoms with Crippen LogP contribution in [0.4, 0.5) is 14.5 Å². The third-order valence-corrected chi connectivity index (χ3v) is 3.90. The van der Waals surface area contributed by atoms with E-state index >= 15 is 0 Å². The number of ether oxygens (including phenoxy) is 2. The highest BCUT2D eigenvalue weighted by molar-refractivity contribution is 5.94. The largest absolute Gasteiger partial charge is 0.482 e. The number of carbonyl (C=O) groups excluding carboxylic acids is 3. The van der Waals surface area contributed by atoms with Crippen molar-refractivity contribution in [2.75, 3.05) is 25.1 Å². The van der Waals surface area contributed by atoms with E-state index in [1.165, 1.54) is 6.07 Å². The van der Waals surface area contributed by atoms with Gasteiger partial charge >= 0.3 is 5.97 Å². The number of hydrogen-bond donors (Lipinski definition) is 2. The average Bonchev–Trinajstić information content (AvgIpc) is 2.72. The molecule has 0 saturated heterocycles. The molecular weight excluding hydrogens is 398 g/mol. The van der Waals surface area contributed by atoms with Gasteiger partial charge in [0.05, 0.1) is 6.54 Å². The molecule has 0 unspecified atom stereocenters. The zero-order valence-corrected chi connectivity index (χ0v) is 16.5. The zero-order chi connectivity index (χ0) is 22.1. The molecular formula is C21H22F2N2O5. The molecule has 0 heterocycles. The predicted octanol–water partition coefficient (Wildman–Crippen LogP) is 2.77. The summed E-state index contributed by atoms with van der Waals surface area (Å²) in [6.45, 7) is 2.59. The number of amides is 2. The summed E-state index contributed by atoms with van der Waals surface area (Å²) in [5.41, 5.74) is 0.980. The molecule has 9 heteroatoms. The molecule has 7 nitrogen and oxygen atoms in total. The first-order valence-electron chi connectivity index (χ1n) is 9.15. The van der Waals surface area contributed by atoms with Crippen LogP contribution in [0.5, 0.6) is 5.75 Å². The SMILES string of the molecule is CC(C)c1ccccc1OCC(=O)OCC(=O)NCC(=O)Nc1ccc(F)c(F)c1. The molecule has 0 aliphatic rings. The van der Waals surface area contributed by atoms with E-state index in [-0.39, 0.29) is 18.2 Å². The van der Waals surface area contributed by atoms with Gasteiger partial charge in [0.15, 0.2) is 24.8 Å². The second kappa shape index (κ2) is 10.9. The van der Waals surface area contributed by atoms with Gasteiger partial charge in [-0.3, -0.25) is 9.59 Å². The van der Waals surface area contributed by atoms with Crippen molar-refractivity contribution in [1.29, 1.82) is 0 Å². The summed E-state index contributed by atoms with van der Waals surface area (Å²) in [6, 6.07) is 10.1. The fraction of sp³-hybridized carbons (Fsp3) is 0.286. The first kappa shape index (κ1) is 22.8. The van der Waals surface area contributed by atoms with Crippen molar-refractivity contribution in [1.82, 2.24) is 5.32 Å². The number of anilines is 1. The van der Waals surface area contributed by atoms with Crippen LogP contribution >= 0.6 is 0 Å². The normalized spacial score (nSPS) is 10.4. The molecule has 160 valence electrons. The lowest BCUT2D eigenvalue weighted by atomic mass is 10.0. The molecule has 2 aromatic rings. The Balaban J connectivity index is 1.69. The molecule has 0 atom stereocenters. The minimum atomic E-state index is -1.11. The smallest absolute Gasteiger partial charge is 0.344 e. The maximum absolute atomic E-state index is 13.1. The van der Waals surface area contributed by atoms with Crippen LogP contribution in [-0.2, 0) is 19.1 Å². The molecule has 2 aromatic carbocycles. The van der Waals surface area contributed by atoms with Crippen LogP contribution < -0.4 is 15.4 Å². The van der Waals surface area contributed by atoms with Gasteiger partial charge in [-0.2, -0.15) is 0 Å². The van der Waals surface area contributed by atoms with Crippen LogP contribution in [0.2, 0.25) is 0 Å². The van der Waals surface area contributed by atoms with Gasteiger partial charge in [0.1, 0.15) is 5.75 Å². The number of carbonyl (C=O) groups is 3. The molecule has 30 heavy (non-hydrogen) atoms. The highest BCUT2D eigenvalue weighted by Crippen LogP contribution is 2.25. The Hall–Kier alpha value is -3.49. The first-order valence-corrected chi connectivity index (χ1v) is 9.15. The quantitative estimate of drug-likeness (QED) is 0.609. The fourth-order valence-electron chi connectivity index (χ4n) is 2.42. The van der Waals surface area contributed by atoms with Crippen LogP contribution in [0.15, 0.2) is 42.5 Å². The summed E-state index contributed by atoms with van der Waals surface area (Å²) in [4.78, 5) is 35.2. The number of nitrogens with one attached hydrogen (secondary N) is 2. The second-order valence-electron chi connectivity index (χ2n) is 6.60. The molecule has 0 spiro atoms. The summed E-state index contributed by atoms with van der Waals surface area (Å²) < 4.78 is 36.2. The Morgan fingerprint density at radius 2 is 1.70 bits per heavy atom. The molecule has 0 aliphatic carbocycles. The summed E-state index contributed by atoms with van der Waals surface area (Å²) in [5.74, 6) is -3.49. The van der Waals surface area contributed by atoms with Crippen LogP contribution in [0.1, 0.15) is 25.3 Å². The van der Waals surface area contributed by atoms with Crippen molar-refractivity contribution in [3.63, 3.8) is 0 Å². The molecule has 2 N–H and O–H groups in total. The molecule has 0 saturated carbocycles. The Kier molecular flexibility index (Phi) is 8.28. The minimum Gasteiger partial charge on any atom is -0.482 e. The minimum absolute atomic E-state index is 0.0402. The lowest BCUT2D eigenvalue weighted by Crippen LogP contribution is -2.36. The van der Waals surface area contributed by atoms with Gasteiger partial charge in [-0.05, 0) is 29.7 Å². The van der Waals surface area contributed by atoms with Crippen LogP contribution in [0.25, 0.3) is 0 Å². The number of rotatable bonds is 9. The molecule has 0 aliphatic heterocycles. The summed E-state index contributed by atoms with van der Waals surface area (Å²) >= 11 is 0. The van der Waals surface area contributed by atoms with Gasteiger partial charge in [0, 0.05) is 11.8 Å². The summed E-state index contributed by atoms with van der Waals surface area (Å²) in [5, 5.41) is 4.54. The van der Waals surface area contributed by atoms with Crippen molar-refractivity contribution in [2.45, 2.75) is 19.8 Å². The molecule has 2 amide bonds. The topological polar surface area (TPSA) is 93.7 Å². The van der Waals surface area contributed by atoms with E-state index in [0.29, 0.717) is 5.75 Å². The van der Waals surface area contributed by atoms with Gasteiger partial charge in [0.25, 0.3) is 5.91 Å². The van der Waals surface area contributed by atoms with E-state index in [2.05, 4.69) is 10.6 Å². The molecule has 0 aromatic heterocycles. The van der Waals surface area contributed by atoms with Gasteiger partial charge in [0.2, 0.25) is 5.91 Å². The predicted molar refractivity (Wildman–Crippen MR) is 105 cm³/mol. The zero-order valence-electron chi connectivity index (χ0n) is 16.5. The molecule has 0 radical (unpaired) electrons. The summed E-state index contributed by atoms with van der Waals surface area (Å²) in [7, 11) is 0. The maximum Gasteiger partial charge on any atom is 0.344 e. The monoisotopic (exact) mass is 420 g/mol. The third-order valence-electron chi connectivity index (χ3n) is 3.90. The highest BCUT2D eigenvalue weighted by Gasteiger charge is 2.13. The van der Waals surface area contributed by atoms with Crippen LogP contribution in [0, 0.1) is 11.6 Å². The molecule has 0 fully saturated rings. The van der Waals surface area contributed by atoms with E-state index in [1.807, 2.05) is 26.0 Å². The maximum atomic E-state index is 13.1. The van der Waals surface area contributed by atoms with Gasteiger partial charge < -0.3 is 20.1 Å². The molecule has 2 rings (SSSR count). The van der Waals surface area contributed by atoms with Gasteiger partial charge in [-0.25, -0.2) is 13.6 Å². The van der Waals surface area contributed by atoms with Crippen molar-refractivity contribution in [2.24, 2.45) is 0 Å². The number of hydrogen-bond acceptors (Lipinski definition) is 5. The second-order valence-corrected chi connectivity index (χ2v) is 6.60. The van der Waals surface area contributed by atoms with E-state index in [0.717, 1.165) is 17.7 Å². The Labute approximate surface area is 172 Å². The Bertz CT molecular complexity index is 918. The number of esters is 1.